The summed E-state index contributed by atoms with van der Waals surface area (Å²) in [6, 6.07) is 0. The van der Waals surface area contributed by atoms with E-state index < -0.39 is 7.32 Å². The molecule has 0 N–H and O–H groups in total. The Morgan fingerprint density at radius 1 is 1.00 bits per heavy atom. The zero-order valence-electron chi connectivity index (χ0n) is 2.47. The van der Waals surface area contributed by atoms with Crippen LogP contribution in [0.5, 0.6) is 0 Å². The minimum Gasteiger partial charge on any atom is -0.907 e. The number of rotatable bonds is 0. The average molecular weight is 443 g/mol. The zero-order chi connectivity index (χ0) is 3.58. The Hall–Kier alpha value is 1.24. The number of hydrogen-bond acceptors (Lipinski definition) is 3. The molecule has 1 radical (unpaired) electrons. The molecule has 0 aliphatic carbocycles. The van der Waals surface area contributed by atoms with Gasteiger partial charge in [0.25, 0.3) is 0 Å². The van der Waals surface area contributed by atoms with Gasteiger partial charge in [0.2, 0.25) is 0 Å². The molecule has 0 aliphatic rings. The molecular weight excluding hydrogens is 443 g/mol. The summed E-state index contributed by atoms with van der Waals surface area (Å²) >= 11 is 0. The third-order valence-corrected chi connectivity index (χ3v) is 0. The van der Waals surface area contributed by atoms with Crippen molar-refractivity contribution in [2.24, 2.45) is 0 Å². The Kier molecular flexibility index (Phi) is 24.9. The van der Waals surface area contributed by atoms with Crippen LogP contribution in [-0.2, 0) is 40.2 Å². The molecule has 0 unspecified atom stereocenters. The Bertz CT molecular complexity index is 13.5. The molecule has 0 aromatic carbocycles. The van der Waals surface area contributed by atoms with Crippen molar-refractivity contribution in [3.63, 3.8) is 0 Å². The fourth-order valence-electron chi connectivity index (χ4n) is 0. The van der Waals surface area contributed by atoms with Gasteiger partial charge in [-0.2, -0.15) is 0 Å². The maximum Gasteiger partial charge on any atom is 3.00 e. The monoisotopic (exact) mass is 445 g/mol. The molecule has 0 amide bonds. The molecule has 0 heterocycles. The molecular formula is BIr2O3. The SMILES string of the molecule is [Ir+3].[Ir].[O-]B([O-])[O-]. The van der Waals surface area contributed by atoms with E-state index in [4.69, 9.17) is 15.1 Å². The van der Waals surface area contributed by atoms with Crippen molar-refractivity contribution in [3.05, 3.63) is 0 Å². The van der Waals surface area contributed by atoms with E-state index in [1.807, 2.05) is 0 Å². The Labute approximate surface area is 62.6 Å². The average Bonchev–Trinajstić information content (AvgIpc) is 0.811. The van der Waals surface area contributed by atoms with Crippen LogP contribution in [0.25, 0.3) is 0 Å². The van der Waals surface area contributed by atoms with E-state index in [-0.39, 0.29) is 40.2 Å². The van der Waals surface area contributed by atoms with Gasteiger partial charge in [-0.05, 0) is 0 Å². The zero-order valence-corrected chi connectivity index (χ0v) is 7.26. The second-order valence-corrected chi connectivity index (χ2v) is 0.289. The summed E-state index contributed by atoms with van der Waals surface area (Å²) in [5, 5.41) is 25.2. The van der Waals surface area contributed by atoms with Crippen LogP contribution >= 0.6 is 0 Å². The second-order valence-electron chi connectivity index (χ2n) is 0.289. The summed E-state index contributed by atoms with van der Waals surface area (Å²) in [4.78, 5) is 0. The van der Waals surface area contributed by atoms with Gasteiger partial charge in [0, 0.05) is 20.1 Å². The van der Waals surface area contributed by atoms with Crippen molar-refractivity contribution in [2.75, 3.05) is 0 Å². The van der Waals surface area contributed by atoms with E-state index in [2.05, 4.69) is 0 Å². The van der Waals surface area contributed by atoms with E-state index in [0.717, 1.165) is 0 Å². The predicted molar refractivity (Wildman–Crippen MR) is 5.75 cm³/mol. The van der Waals surface area contributed by atoms with Crippen molar-refractivity contribution >= 4 is 7.32 Å². The van der Waals surface area contributed by atoms with Crippen molar-refractivity contribution < 1.29 is 55.3 Å². The van der Waals surface area contributed by atoms with Gasteiger partial charge < -0.3 is 15.1 Å². The molecule has 0 bridgehead atoms. The third kappa shape index (κ3) is 61.1. The molecule has 0 rings (SSSR count). The fourth-order valence-corrected chi connectivity index (χ4v) is 0. The second kappa shape index (κ2) is 9.53. The predicted octanol–water partition coefficient (Wildman–Crippen LogP) is -3.95. The minimum atomic E-state index is -2.92. The Morgan fingerprint density at radius 2 is 1.00 bits per heavy atom. The van der Waals surface area contributed by atoms with Gasteiger partial charge in [-0.15, -0.1) is 0 Å². The van der Waals surface area contributed by atoms with Gasteiger partial charge in [-0.25, -0.2) is 0 Å². The van der Waals surface area contributed by atoms with Crippen molar-refractivity contribution in [2.45, 2.75) is 0 Å². The van der Waals surface area contributed by atoms with Crippen LogP contribution in [0.4, 0.5) is 0 Å². The first-order chi connectivity index (χ1) is 1.73. The van der Waals surface area contributed by atoms with E-state index >= 15 is 0 Å². The molecule has 0 spiro atoms. The van der Waals surface area contributed by atoms with Crippen molar-refractivity contribution in [1.82, 2.24) is 0 Å². The van der Waals surface area contributed by atoms with Crippen LogP contribution < -0.4 is 15.1 Å². The first-order valence-electron chi connectivity index (χ1n) is 0.707. The van der Waals surface area contributed by atoms with E-state index in [9.17, 15) is 0 Å². The summed E-state index contributed by atoms with van der Waals surface area (Å²) in [6.45, 7) is 0. The third-order valence-electron chi connectivity index (χ3n) is 0. The van der Waals surface area contributed by atoms with E-state index in [1.54, 1.807) is 0 Å². The van der Waals surface area contributed by atoms with Crippen LogP contribution in [0.1, 0.15) is 0 Å². The maximum absolute atomic E-state index is 8.42. The minimum absolute atomic E-state index is 0. The smallest absolute Gasteiger partial charge is 0.907 e. The fraction of sp³-hybridized carbons (Fsp3) is 0. The van der Waals surface area contributed by atoms with Crippen molar-refractivity contribution in [1.29, 1.82) is 0 Å². The van der Waals surface area contributed by atoms with Gasteiger partial charge in [-0.3, -0.25) is 7.32 Å². The molecule has 0 saturated carbocycles. The topological polar surface area (TPSA) is 69.2 Å². The molecule has 0 aliphatic heterocycles. The first-order valence-corrected chi connectivity index (χ1v) is 0.707. The molecule has 0 atom stereocenters. The van der Waals surface area contributed by atoms with Crippen LogP contribution in [0.15, 0.2) is 0 Å². The van der Waals surface area contributed by atoms with E-state index in [1.165, 1.54) is 0 Å². The van der Waals surface area contributed by atoms with Crippen molar-refractivity contribution in [3.8, 4) is 0 Å². The molecule has 39 valence electrons. The number of hydrogen-bond donors (Lipinski definition) is 0. The van der Waals surface area contributed by atoms with Gasteiger partial charge in [0.1, 0.15) is 0 Å². The van der Waals surface area contributed by atoms with Crippen LogP contribution in [-0.4, -0.2) is 7.32 Å². The van der Waals surface area contributed by atoms with Crippen LogP contribution in [0, 0.1) is 0 Å². The van der Waals surface area contributed by atoms with Crippen LogP contribution in [0.3, 0.4) is 0 Å². The van der Waals surface area contributed by atoms with Gasteiger partial charge in [-0.1, -0.05) is 0 Å². The molecule has 3 nitrogen and oxygen atoms in total. The quantitative estimate of drug-likeness (QED) is 0.359. The normalized spacial score (nSPS) is 4.50. The van der Waals surface area contributed by atoms with Crippen LogP contribution in [0.2, 0.25) is 0 Å². The summed E-state index contributed by atoms with van der Waals surface area (Å²) in [5.41, 5.74) is 0. The molecule has 0 aromatic rings. The molecule has 6 heteroatoms. The maximum atomic E-state index is 8.42. The molecule has 0 saturated heterocycles. The summed E-state index contributed by atoms with van der Waals surface area (Å²) in [6.07, 6.45) is 0. The molecule has 0 fully saturated rings. The standard InChI is InChI=1S/BO3.2Ir/c2-1(3)4;;/q-3;;+3. The Morgan fingerprint density at radius 3 is 1.00 bits per heavy atom. The van der Waals surface area contributed by atoms with E-state index in [0.29, 0.717) is 0 Å². The Balaban J connectivity index is -0.0000000450. The summed E-state index contributed by atoms with van der Waals surface area (Å²) in [7, 11) is -2.92. The summed E-state index contributed by atoms with van der Waals surface area (Å²) < 4.78 is 0. The largest absolute Gasteiger partial charge is 3.00 e. The van der Waals surface area contributed by atoms with Gasteiger partial charge >= 0.3 is 20.1 Å². The van der Waals surface area contributed by atoms with Gasteiger partial charge in [0.15, 0.2) is 0 Å². The molecule has 0 aromatic heterocycles. The molecule has 6 heavy (non-hydrogen) atoms. The van der Waals surface area contributed by atoms with Gasteiger partial charge in [0.05, 0.1) is 0 Å². The summed E-state index contributed by atoms with van der Waals surface area (Å²) in [5.74, 6) is 0. The first kappa shape index (κ1) is 15.7.